The minimum Gasteiger partial charge on any atom is -0.491 e. The van der Waals surface area contributed by atoms with E-state index in [0.717, 1.165) is 12.8 Å². The Hall–Kier alpha value is -2.31. The van der Waals surface area contributed by atoms with Gasteiger partial charge < -0.3 is 10.1 Å². The van der Waals surface area contributed by atoms with Gasteiger partial charge >= 0.3 is 12.1 Å². The molecule has 22 heavy (non-hydrogen) atoms. The first-order valence-corrected chi connectivity index (χ1v) is 6.82. The van der Waals surface area contributed by atoms with Gasteiger partial charge in [0.1, 0.15) is 11.3 Å². The first-order chi connectivity index (χ1) is 10.4. The Bertz CT molecular complexity index is 671. The number of anilines is 1. The summed E-state index contributed by atoms with van der Waals surface area (Å²) in [6.45, 7) is 2.52. The Balaban J connectivity index is 2.34. The molecule has 2 aromatic rings. The summed E-state index contributed by atoms with van der Waals surface area (Å²) < 4.78 is 42.7. The third-order valence-corrected chi connectivity index (χ3v) is 2.99. The number of halogens is 3. The molecule has 2 rings (SSSR count). The normalized spacial score (nSPS) is 11.5. The molecule has 118 valence electrons. The minimum atomic E-state index is -4.94. The molecule has 1 heterocycles. The van der Waals surface area contributed by atoms with Gasteiger partial charge in [-0.25, -0.2) is 0 Å². The minimum absolute atomic E-state index is 0.0493. The second kappa shape index (κ2) is 6.64. The van der Waals surface area contributed by atoms with Crippen LogP contribution in [-0.4, -0.2) is 23.7 Å². The maximum atomic E-state index is 12.4. The summed E-state index contributed by atoms with van der Waals surface area (Å²) in [4.78, 5) is 15.2. The van der Waals surface area contributed by atoms with Crippen LogP contribution >= 0.6 is 0 Å². The van der Waals surface area contributed by atoms with Crippen LogP contribution in [0.5, 0.6) is 5.75 Å². The quantitative estimate of drug-likeness (QED) is 0.852. The molecule has 0 spiro atoms. The van der Waals surface area contributed by atoms with Crippen molar-refractivity contribution in [3.8, 4) is 5.75 Å². The third-order valence-electron chi connectivity index (χ3n) is 2.99. The van der Waals surface area contributed by atoms with Gasteiger partial charge in [-0.15, -0.1) is 0 Å². The molecule has 0 atom stereocenters. The highest BCUT2D eigenvalue weighted by Crippen LogP contribution is 2.31. The molecular formula is C15H15F3N2O2. The van der Waals surface area contributed by atoms with E-state index in [1.54, 1.807) is 12.1 Å². The lowest BCUT2D eigenvalue weighted by Gasteiger charge is -2.13. The molecule has 0 bridgehead atoms. The van der Waals surface area contributed by atoms with Gasteiger partial charge in [-0.3, -0.25) is 9.78 Å². The van der Waals surface area contributed by atoms with E-state index in [4.69, 9.17) is 4.74 Å². The van der Waals surface area contributed by atoms with Crippen LogP contribution in [0.3, 0.4) is 0 Å². The summed E-state index contributed by atoms with van der Waals surface area (Å²) in [6.07, 6.45) is -1.60. The molecule has 0 saturated carbocycles. The summed E-state index contributed by atoms with van der Waals surface area (Å²) in [5.74, 6) is -1.54. The predicted molar refractivity (Wildman–Crippen MR) is 76.8 cm³/mol. The molecule has 1 aromatic carbocycles. The van der Waals surface area contributed by atoms with Crippen LogP contribution in [-0.2, 0) is 4.79 Å². The summed E-state index contributed by atoms with van der Waals surface area (Å²) in [7, 11) is 0. The van der Waals surface area contributed by atoms with Crippen LogP contribution in [0.1, 0.15) is 19.8 Å². The molecule has 1 amide bonds. The SMILES string of the molecule is CCCCOc1ccc(NC(=O)C(F)(F)F)c2cccnc12. The first-order valence-electron chi connectivity index (χ1n) is 6.82. The number of hydrogen-bond donors (Lipinski definition) is 1. The van der Waals surface area contributed by atoms with Crippen molar-refractivity contribution in [1.29, 1.82) is 0 Å². The van der Waals surface area contributed by atoms with E-state index in [9.17, 15) is 18.0 Å². The smallest absolute Gasteiger partial charge is 0.471 e. The topological polar surface area (TPSA) is 51.2 Å². The Morgan fingerprint density at radius 2 is 2.09 bits per heavy atom. The summed E-state index contributed by atoms with van der Waals surface area (Å²) in [5, 5.41) is 2.26. The monoisotopic (exact) mass is 312 g/mol. The van der Waals surface area contributed by atoms with Gasteiger partial charge in [-0.05, 0) is 30.7 Å². The Morgan fingerprint density at radius 3 is 2.77 bits per heavy atom. The van der Waals surface area contributed by atoms with Crippen LogP contribution in [0.4, 0.5) is 18.9 Å². The number of ether oxygens (including phenoxy) is 1. The van der Waals surface area contributed by atoms with E-state index >= 15 is 0 Å². The number of benzene rings is 1. The van der Waals surface area contributed by atoms with Crippen molar-refractivity contribution in [3.05, 3.63) is 30.5 Å². The average molecular weight is 312 g/mol. The number of aromatic nitrogens is 1. The average Bonchev–Trinajstić information content (AvgIpc) is 2.48. The van der Waals surface area contributed by atoms with Crippen molar-refractivity contribution in [1.82, 2.24) is 4.98 Å². The number of rotatable bonds is 5. The molecule has 0 aliphatic rings. The highest BCUT2D eigenvalue weighted by molar-refractivity contribution is 6.04. The number of hydrogen-bond acceptors (Lipinski definition) is 3. The van der Waals surface area contributed by atoms with Crippen LogP contribution in [0, 0.1) is 0 Å². The fraction of sp³-hybridized carbons (Fsp3) is 0.333. The van der Waals surface area contributed by atoms with Crippen molar-refractivity contribution in [2.24, 2.45) is 0 Å². The van der Waals surface area contributed by atoms with Crippen LogP contribution in [0.25, 0.3) is 10.9 Å². The molecule has 0 fully saturated rings. The molecule has 4 nitrogen and oxygen atoms in total. The van der Waals surface area contributed by atoms with Crippen molar-refractivity contribution < 1.29 is 22.7 Å². The number of fused-ring (bicyclic) bond motifs is 1. The number of nitrogens with one attached hydrogen (secondary N) is 1. The van der Waals surface area contributed by atoms with E-state index in [1.807, 2.05) is 12.2 Å². The standard InChI is InChI=1S/C15H15F3N2O2/c1-2-3-9-22-12-7-6-11(20-14(21)15(16,17)18)10-5-4-8-19-13(10)12/h4-8H,2-3,9H2,1H3,(H,20,21). The number of alkyl halides is 3. The fourth-order valence-corrected chi connectivity index (χ4v) is 1.89. The molecular weight excluding hydrogens is 297 g/mol. The maximum absolute atomic E-state index is 12.4. The van der Waals surface area contributed by atoms with E-state index < -0.39 is 12.1 Å². The van der Waals surface area contributed by atoms with E-state index in [2.05, 4.69) is 4.98 Å². The lowest BCUT2D eigenvalue weighted by atomic mass is 10.1. The molecule has 1 N–H and O–H groups in total. The summed E-state index contributed by atoms with van der Waals surface area (Å²) >= 11 is 0. The number of amides is 1. The largest absolute Gasteiger partial charge is 0.491 e. The fourth-order valence-electron chi connectivity index (χ4n) is 1.89. The molecule has 0 aliphatic heterocycles. The number of carbonyl (C=O) groups excluding carboxylic acids is 1. The second-order valence-electron chi connectivity index (χ2n) is 4.66. The van der Waals surface area contributed by atoms with Gasteiger partial charge in [0.15, 0.2) is 0 Å². The number of unbranched alkanes of at least 4 members (excludes halogenated alkanes) is 1. The molecule has 0 aliphatic carbocycles. The Kier molecular flexibility index (Phi) is 4.85. The molecule has 0 saturated heterocycles. The summed E-state index contributed by atoms with van der Waals surface area (Å²) in [5.41, 5.74) is 0.465. The van der Waals surface area contributed by atoms with E-state index in [1.165, 1.54) is 18.3 Å². The number of carbonyl (C=O) groups is 1. The third kappa shape index (κ3) is 3.66. The molecule has 1 aromatic heterocycles. The zero-order chi connectivity index (χ0) is 16.2. The lowest BCUT2D eigenvalue weighted by Crippen LogP contribution is -2.30. The highest BCUT2D eigenvalue weighted by Gasteiger charge is 2.38. The zero-order valence-corrected chi connectivity index (χ0v) is 11.9. The van der Waals surface area contributed by atoms with Crippen molar-refractivity contribution in [2.75, 3.05) is 11.9 Å². The zero-order valence-electron chi connectivity index (χ0n) is 11.9. The van der Waals surface area contributed by atoms with Gasteiger partial charge in [0, 0.05) is 11.6 Å². The van der Waals surface area contributed by atoms with E-state index in [0.29, 0.717) is 23.3 Å². The van der Waals surface area contributed by atoms with Crippen molar-refractivity contribution in [3.63, 3.8) is 0 Å². The van der Waals surface area contributed by atoms with Crippen LogP contribution < -0.4 is 10.1 Å². The lowest BCUT2D eigenvalue weighted by molar-refractivity contribution is -0.167. The number of pyridine rings is 1. The van der Waals surface area contributed by atoms with Gasteiger partial charge in [-0.2, -0.15) is 13.2 Å². The first kappa shape index (κ1) is 16.1. The predicted octanol–water partition coefficient (Wildman–Crippen LogP) is 3.91. The molecule has 0 radical (unpaired) electrons. The second-order valence-corrected chi connectivity index (χ2v) is 4.66. The molecule has 7 heteroatoms. The van der Waals surface area contributed by atoms with Crippen LogP contribution in [0.2, 0.25) is 0 Å². The van der Waals surface area contributed by atoms with Crippen molar-refractivity contribution in [2.45, 2.75) is 25.9 Å². The highest BCUT2D eigenvalue weighted by atomic mass is 19.4. The Morgan fingerprint density at radius 1 is 1.32 bits per heavy atom. The summed E-state index contributed by atoms with van der Waals surface area (Å²) in [6, 6.07) is 6.06. The van der Waals surface area contributed by atoms with Gasteiger partial charge in [0.25, 0.3) is 0 Å². The maximum Gasteiger partial charge on any atom is 0.471 e. The molecule has 0 unspecified atom stereocenters. The van der Waals surface area contributed by atoms with Crippen LogP contribution in [0.15, 0.2) is 30.5 Å². The Labute approximate surface area is 125 Å². The van der Waals surface area contributed by atoms with Crippen molar-refractivity contribution >= 4 is 22.5 Å². The number of nitrogens with zero attached hydrogens (tertiary/aromatic N) is 1. The van der Waals surface area contributed by atoms with Gasteiger partial charge in [0.05, 0.1) is 12.3 Å². The van der Waals surface area contributed by atoms with Gasteiger partial charge in [0.2, 0.25) is 0 Å². The van der Waals surface area contributed by atoms with Gasteiger partial charge in [-0.1, -0.05) is 13.3 Å². The van der Waals surface area contributed by atoms with E-state index in [-0.39, 0.29) is 5.69 Å².